The average molecular weight is 479 g/mol. The van der Waals surface area contributed by atoms with E-state index in [0.717, 1.165) is 18.3 Å². The molecule has 0 aliphatic heterocycles. The molecule has 3 unspecified atom stereocenters. The van der Waals surface area contributed by atoms with Gasteiger partial charge in [0.15, 0.2) is 16.6 Å². The Bertz CT molecular complexity index is 725. The van der Waals surface area contributed by atoms with Crippen molar-refractivity contribution in [2.75, 3.05) is 0 Å². The van der Waals surface area contributed by atoms with Gasteiger partial charge in [0.1, 0.15) is 5.78 Å². The first-order valence-corrected chi connectivity index (χ1v) is 20.3. The fourth-order valence-electron chi connectivity index (χ4n) is 9.09. The smallest absolute Gasteiger partial charge is 0.184 e. The van der Waals surface area contributed by atoms with Crippen LogP contribution in [0.25, 0.3) is 0 Å². The van der Waals surface area contributed by atoms with E-state index in [2.05, 4.69) is 53.1 Å². The van der Waals surface area contributed by atoms with E-state index in [1.807, 2.05) is 6.92 Å². The highest BCUT2D eigenvalue weighted by molar-refractivity contribution is 6.70. The van der Waals surface area contributed by atoms with Gasteiger partial charge in [0, 0.05) is 18.1 Å². The highest BCUT2D eigenvalue weighted by Gasteiger charge is 2.63. The number of rotatable bonds is 5. The van der Waals surface area contributed by atoms with Crippen LogP contribution < -0.4 is 0 Å². The van der Waals surface area contributed by atoms with E-state index in [4.69, 9.17) is 8.85 Å². The fraction of sp³-hybridized carbons (Fsp3) is 0.963. The number of ketones is 1. The molecule has 0 amide bonds. The Morgan fingerprint density at radius 2 is 1.34 bits per heavy atom. The summed E-state index contributed by atoms with van der Waals surface area (Å²) in [7, 11) is -3.19. The third-order valence-electron chi connectivity index (χ3n) is 10.1. The molecule has 0 aromatic carbocycles. The molecule has 32 heavy (non-hydrogen) atoms. The molecule has 0 bridgehead atoms. The predicted octanol–water partition coefficient (Wildman–Crippen LogP) is 7.28. The second-order valence-corrected chi connectivity index (χ2v) is 23.3. The van der Waals surface area contributed by atoms with E-state index < -0.39 is 16.6 Å². The first-order valence-electron chi connectivity index (χ1n) is 13.5. The normalized spacial score (nSPS) is 46.8. The van der Waals surface area contributed by atoms with Gasteiger partial charge in [-0.15, -0.1) is 0 Å². The van der Waals surface area contributed by atoms with Crippen molar-refractivity contribution >= 4 is 22.4 Å². The number of carbonyl (C=O) groups excluding carboxylic acids is 1. The van der Waals surface area contributed by atoms with Crippen molar-refractivity contribution in [2.24, 2.45) is 40.4 Å². The number of hydrogen-bond acceptors (Lipinski definition) is 3. The minimum atomic E-state index is -1.65. The molecule has 0 spiro atoms. The second kappa shape index (κ2) is 8.31. The van der Waals surface area contributed by atoms with Crippen LogP contribution in [0.15, 0.2) is 0 Å². The van der Waals surface area contributed by atoms with E-state index in [1.54, 1.807) is 0 Å². The summed E-state index contributed by atoms with van der Waals surface area (Å²) in [4.78, 5) is 12.5. The summed E-state index contributed by atoms with van der Waals surface area (Å²) in [5, 5.41) is 0. The van der Waals surface area contributed by atoms with Crippen molar-refractivity contribution in [1.82, 2.24) is 0 Å². The molecule has 4 rings (SSSR count). The Morgan fingerprint density at radius 3 is 1.94 bits per heavy atom. The van der Waals surface area contributed by atoms with E-state index in [-0.39, 0.29) is 11.3 Å². The van der Waals surface area contributed by atoms with Crippen molar-refractivity contribution in [3.05, 3.63) is 0 Å². The van der Waals surface area contributed by atoms with Crippen LogP contribution in [-0.4, -0.2) is 34.6 Å². The zero-order valence-electron chi connectivity index (χ0n) is 22.4. The lowest BCUT2D eigenvalue weighted by Crippen LogP contribution is -2.60. The summed E-state index contributed by atoms with van der Waals surface area (Å²) >= 11 is 0. The molecular weight excluding hydrogens is 428 g/mol. The Labute approximate surface area is 200 Å². The Balaban J connectivity index is 1.65. The quantitative estimate of drug-likeness (QED) is 0.389. The van der Waals surface area contributed by atoms with Crippen molar-refractivity contribution in [1.29, 1.82) is 0 Å². The molecule has 0 aromatic rings. The van der Waals surface area contributed by atoms with Crippen molar-refractivity contribution in [3.8, 4) is 0 Å². The van der Waals surface area contributed by atoms with Crippen LogP contribution in [0.1, 0.15) is 72.1 Å². The molecule has 4 aliphatic rings. The van der Waals surface area contributed by atoms with Crippen LogP contribution in [0.3, 0.4) is 0 Å². The summed E-state index contributed by atoms with van der Waals surface area (Å²) in [6.45, 7) is 21.0. The van der Waals surface area contributed by atoms with Crippen molar-refractivity contribution in [3.63, 3.8) is 0 Å². The molecule has 9 atom stereocenters. The fourth-order valence-corrected chi connectivity index (χ4v) is 11.5. The molecule has 0 heterocycles. The van der Waals surface area contributed by atoms with Crippen LogP contribution in [0.4, 0.5) is 0 Å². The topological polar surface area (TPSA) is 35.5 Å². The Morgan fingerprint density at radius 1 is 0.750 bits per heavy atom. The molecule has 0 aromatic heterocycles. The molecule has 5 heteroatoms. The van der Waals surface area contributed by atoms with E-state index >= 15 is 0 Å². The SMILES string of the molecule is CC(=O)[C@H]1CC[C@H]2[C@@H]3CC(O[Si](C)(C)C)C4CC(O[Si](C)(C)C)CC[C@]4(C)[C@H]3CC[C@]12C. The van der Waals surface area contributed by atoms with Crippen LogP contribution in [0, 0.1) is 40.4 Å². The van der Waals surface area contributed by atoms with Crippen LogP contribution in [-0.2, 0) is 13.6 Å². The van der Waals surface area contributed by atoms with Gasteiger partial charge in [0.2, 0.25) is 0 Å². The van der Waals surface area contributed by atoms with Crippen LogP contribution in [0.2, 0.25) is 39.3 Å². The standard InChI is InChI=1S/C27H50O3Si2/c1-18(28)21-10-11-22-20-17-25(30-32(7,8)9)24-16-19(29-31(4,5)6)12-14-27(24,3)23(20)13-15-26(21,22)2/h19-25H,10-17H2,1-9H3/t19?,20-,21+,22-,23-,24?,25?,26+,27+/m0/s1. The highest BCUT2D eigenvalue weighted by Crippen LogP contribution is 2.68. The van der Waals surface area contributed by atoms with Crippen LogP contribution in [0.5, 0.6) is 0 Å². The van der Waals surface area contributed by atoms with Gasteiger partial charge in [-0.25, -0.2) is 0 Å². The summed E-state index contributed by atoms with van der Waals surface area (Å²) in [6, 6.07) is 0. The maximum Gasteiger partial charge on any atom is 0.184 e. The monoisotopic (exact) mass is 478 g/mol. The van der Waals surface area contributed by atoms with Gasteiger partial charge >= 0.3 is 0 Å². The largest absolute Gasteiger partial charge is 0.415 e. The Hall–Kier alpha value is 0.0238. The van der Waals surface area contributed by atoms with Gasteiger partial charge < -0.3 is 8.85 Å². The van der Waals surface area contributed by atoms with Gasteiger partial charge in [0.25, 0.3) is 0 Å². The molecule has 4 saturated carbocycles. The molecule has 0 N–H and O–H groups in total. The Kier molecular flexibility index (Phi) is 6.52. The highest BCUT2D eigenvalue weighted by atomic mass is 28.4. The third kappa shape index (κ3) is 4.49. The minimum Gasteiger partial charge on any atom is -0.415 e. The zero-order valence-corrected chi connectivity index (χ0v) is 24.4. The van der Waals surface area contributed by atoms with Crippen molar-refractivity contribution < 1.29 is 13.6 Å². The van der Waals surface area contributed by atoms with Gasteiger partial charge in [-0.05, 0) is 132 Å². The lowest BCUT2D eigenvalue weighted by Gasteiger charge is -2.63. The van der Waals surface area contributed by atoms with E-state index in [0.29, 0.717) is 35.2 Å². The first kappa shape index (κ1) is 25.1. The number of Topliss-reactive ketones (excluding diaryl/α,β-unsaturated/α-hetero) is 1. The van der Waals surface area contributed by atoms with E-state index in [1.165, 1.54) is 44.9 Å². The van der Waals surface area contributed by atoms with Gasteiger partial charge in [-0.3, -0.25) is 4.79 Å². The third-order valence-corrected chi connectivity index (χ3v) is 12.2. The summed E-state index contributed by atoms with van der Waals surface area (Å²) in [6.07, 6.45) is 10.7. The summed E-state index contributed by atoms with van der Waals surface area (Å²) in [5.41, 5.74) is 0.584. The summed E-state index contributed by atoms with van der Waals surface area (Å²) < 4.78 is 13.7. The zero-order chi connectivity index (χ0) is 23.7. The molecule has 4 aliphatic carbocycles. The molecule has 0 saturated heterocycles. The lowest BCUT2D eigenvalue weighted by molar-refractivity contribution is -0.166. The number of carbonyl (C=O) groups is 1. The first-order chi connectivity index (χ1) is 14.6. The average Bonchev–Trinajstić information content (AvgIpc) is 2.98. The molecule has 4 fully saturated rings. The molecule has 3 nitrogen and oxygen atoms in total. The molecule has 0 radical (unpaired) electrons. The number of fused-ring (bicyclic) bond motifs is 5. The molecular formula is C27H50O3Si2. The van der Waals surface area contributed by atoms with E-state index in [9.17, 15) is 4.79 Å². The van der Waals surface area contributed by atoms with Crippen LogP contribution >= 0.6 is 0 Å². The van der Waals surface area contributed by atoms with Gasteiger partial charge in [0.05, 0.1) is 0 Å². The van der Waals surface area contributed by atoms with Gasteiger partial charge in [-0.2, -0.15) is 0 Å². The van der Waals surface area contributed by atoms with Gasteiger partial charge in [-0.1, -0.05) is 13.8 Å². The maximum atomic E-state index is 12.5. The molecule has 184 valence electrons. The van der Waals surface area contributed by atoms with Crippen molar-refractivity contribution in [2.45, 2.75) is 124 Å². The maximum absolute atomic E-state index is 12.5. The summed E-state index contributed by atoms with van der Waals surface area (Å²) in [5.74, 6) is 3.58. The predicted molar refractivity (Wildman–Crippen MR) is 138 cm³/mol. The minimum absolute atomic E-state index is 0.220. The number of hydrogen-bond donors (Lipinski definition) is 0. The lowest BCUT2D eigenvalue weighted by atomic mass is 9.44. The second-order valence-electron chi connectivity index (χ2n) is 14.4.